The average Bonchev–Trinajstić information content (AvgIpc) is 2.74. The second kappa shape index (κ2) is 19.0. The predicted octanol–water partition coefficient (Wildman–Crippen LogP) is 3.96. The first-order chi connectivity index (χ1) is 14.5. The number of carbonyl (C=O) groups is 1. The fraction of sp³-hybridized carbons (Fsp3) is 0.500. The summed E-state index contributed by atoms with van der Waals surface area (Å²) in [5.41, 5.74) is 7.19. The molecule has 0 unspecified atom stereocenters. The Kier molecular flexibility index (Phi) is 17.7. The standard InChI is InChI=1S/C20H31FN4O2.C2H6S/c1-4-12-25(20(26)22-3)13-8-6-7-11-23-24-16-17-9-10-18(21)19(15-17)27-14-5-2;1-3-2/h4-5,9-10,15,23-24H,1-2,6-8,11-14,16H2,3H3,(H,22,26);1-2H3. The van der Waals surface area contributed by atoms with Crippen molar-refractivity contribution in [3.63, 3.8) is 0 Å². The molecule has 8 heteroatoms. The van der Waals surface area contributed by atoms with E-state index in [-0.39, 0.29) is 24.2 Å². The predicted molar refractivity (Wildman–Crippen MR) is 126 cm³/mol. The van der Waals surface area contributed by atoms with E-state index in [9.17, 15) is 9.18 Å². The van der Waals surface area contributed by atoms with Gasteiger partial charge in [0.15, 0.2) is 11.6 Å². The van der Waals surface area contributed by atoms with Gasteiger partial charge in [-0.15, -0.1) is 6.58 Å². The van der Waals surface area contributed by atoms with Gasteiger partial charge in [-0.2, -0.15) is 11.8 Å². The molecule has 0 spiro atoms. The van der Waals surface area contributed by atoms with Crippen LogP contribution >= 0.6 is 11.8 Å². The van der Waals surface area contributed by atoms with Gasteiger partial charge in [0.25, 0.3) is 0 Å². The van der Waals surface area contributed by atoms with Crippen LogP contribution in [0.2, 0.25) is 0 Å². The zero-order valence-electron chi connectivity index (χ0n) is 18.5. The fourth-order valence-electron chi connectivity index (χ4n) is 2.45. The third-order valence-electron chi connectivity index (χ3n) is 3.85. The zero-order valence-corrected chi connectivity index (χ0v) is 19.3. The number of rotatable bonds is 14. The number of hydrazine groups is 1. The van der Waals surface area contributed by atoms with E-state index in [0.29, 0.717) is 19.6 Å². The van der Waals surface area contributed by atoms with Crippen molar-refractivity contribution >= 4 is 17.8 Å². The van der Waals surface area contributed by atoms with Crippen molar-refractivity contribution in [2.75, 3.05) is 45.8 Å². The van der Waals surface area contributed by atoms with Crippen molar-refractivity contribution < 1.29 is 13.9 Å². The van der Waals surface area contributed by atoms with Crippen molar-refractivity contribution in [3.8, 4) is 5.75 Å². The van der Waals surface area contributed by atoms with Gasteiger partial charge in [-0.3, -0.25) is 10.9 Å². The molecule has 2 amide bonds. The lowest BCUT2D eigenvalue weighted by molar-refractivity contribution is 0.204. The summed E-state index contributed by atoms with van der Waals surface area (Å²) in [6.07, 6.45) is 10.3. The minimum atomic E-state index is -0.379. The molecular weight excluding hydrogens is 403 g/mol. The van der Waals surface area contributed by atoms with Gasteiger partial charge < -0.3 is 15.0 Å². The molecule has 0 aliphatic rings. The molecule has 0 aliphatic carbocycles. The number of unbranched alkanes of at least 4 members (excludes halogenated alkanes) is 2. The molecule has 0 heterocycles. The maximum absolute atomic E-state index is 13.6. The van der Waals surface area contributed by atoms with Crippen LogP contribution in [0.15, 0.2) is 43.5 Å². The smallest absolute Gasteiger partial charge is 0.317 e. The summed E-state index contributed by atoms with van der Waals surface area (Å²) in [6, 6.07) is 4.72. The van der Waals surface area contributed by atoms with Crippen LogP contribution in [-0.4, -0.2) is 56.7 Å². The molecule has 0 aromatic heterocycles. The van der Waals surface area contributed by atoms with Gasteiger partial charge in [-0.05, 0) is 43.0 Å². The molecule has 0 atom stereocenters. The second-order valence-electron chi connectivity index (χ2n) is 6.40. The Labute approximate surface area is 185 Å². The first kappa shape index (κ1) is 28.0. The molecule has 0 saturated carbocycles. The molecule has 0 aliphatic heterocycles. The molecule has 3 N–H and O–H groups in total. The molecule has 0 bridgehead atoms. The molecule has 1 rings (SSSR count). The van der Waals surface area contributed by atoms with Crippen LogP contribution in [0.25, 0.3) is 0 Å². The van der Waals surface area contributed by atoms with Crippen LogP contribution in [0.4, 0.5) is 9.18 Å². The SMILES string of the molecule is C=CCOc1cc(CNNCCCCCN(CC=C)C(=O)NC)ccc1F.CSC. The number of hydrogen-bond acceptors (Lipinski definition) is 5. The van der Waals surface area contributed by atoms with Crippen LogP contribution in [-0.2, 0) is 6.54 Å². The van der Waals surface area contributed by atoms with Crippen molar-refractivity contribution in [1.29, 1.82) is 0 Å². The van der Waals surface area contributed by atoms with E-state index in [1.165, 1.54) is 6.07 Å². The van der Waals surface area contributed by atoms with Gasteiger partial charge in [0, 0.05) is 33.2 Å². The summed E-state index contributed by atoms with van der Waals surface area (Å²) in [4.78, 5) is 13.4. The van der Waals surface area contributed by atoms with Crippen molar-refractivity contribution in [3.05, 3.63) is 54.9 Å². The maximum atomic E-state index is 13.6. The van der Waals surface area contributed by atoms with Crippen molar-refractivity contribution in [2.24, 2.45) is 0 Å². The summed E-state index contributed by atoms with van der Waals surface area (Å²) in [5, 5.41) is 2.63. The Bertz CT molecular complexity index is 617. The highest BCUT2D eigenvalue weighted by molar-refractivity contribution is 7.97. The average molecular weight is 441 g/mol. The van der Waals surface area contributed by atoms with E-state index in [1.807, 2.05) is 12.5 Å². The quantitative estimate of drug-likeness (QED) is 0.232. The molecule has 30 heavy (non-hydrogen) atoms. The van der Waals surface area contributed by atoms with Crippen LogP contribution < -0.4 is 20.9 Å². The number of ether oxygens (including phenoxy) is 1. The van der Waals surface area contributed by atoms with Crippen molar-refractivity contribution in [2.45, 2.75) is 25.8 Å². The largest absolute Gasteiger partial charge is 0.486 e. The number of amides is 2. The van der Waals surface area contributed by atoms with E-state index >= 15 is 0 Å². The number of halogens is 1. The highest BCUT2D eigenvalue weighted by Gasteiger charge is 2.08. The van der Waals surface area contributed by atoms with Gasteiger partial charge in [0.2, 0.25) is 0 Å². The summed E-state index contributed by atoms with van der Waals surface area (Å²) in [6.45, 7) is 10.1. The lowest BCUT2D eigenvalue weighted by atomic mass is 10.2. The van der Waals surface area contributed by atoms with Gasteiger partial charge in [-0.1, -0.05) is 31.2 Å². The van der Waals surface area contributed by atoms with Gasteiger partial charge >= 0.3 is 6.03 Å². The lowest BCUT2D eigenvalue weighted by Crippen LogP contribution is -2.38. The Morgan fingerprint density at radius 2 is 1.93 bits per heavy atom. The molecule has 6 nitrogen and oxygen atoms in total. The highest BCUT2D eigenvalue weighted by atomic mass is 32.2. The number of nitrogens with zero attached hydrogens (tertiary/aromatic N) is 1. The van der Waals surface area contributed by atoms with Crippen molar-refractivity contribution in [1.82, 2.24) is 21.1 Å². The molecule has 0 fully saturated rings. The summed E-state index contributed by atoms with van der Waals surface area (Å²) in [5.74, 6) is -0.148. The van der Waals surface area contributed by atoms with Gasteiger partial charge in [0.05, 0.1) is 0 Å². The van der Waals surface area contributed by atoms with E-state index in [1.54, 1.807) is 48.0 Å². The van der Waals surface area contributed by atoms with E-state index < -0.39 is 0 Å². The third kappa shape index (κ3) is 13.2. The molecule has 0 radical (unpaired) electrons. The van der Waals surface area contributed by atoms with Crippen LogP contribution in [0.1, 0.15) is 24.8 Å². The molecule has 170 valence electrons. The number of carbonyl (C=O) groups excluding carboxylic acids is 1. The number of benzene rings is 1. The fourth-order valence-corrected chi connectivity index (χ4v) is 2.45. The molecule has 1 aromatic carbocycles. The molecular formula is C22H37FN4O2S. The topological polar surface area (TPSA) is 65.6 Å². The van der Waals surface area contributed by atoms with E-state index in [0.717, 1.165) is 31.4 Å². The minimum Gasteiger partial charge on any atom is -0.486 e. The number of hydrogen-bond donors (Lipinski definition) is 3. The maximum Gasteiger partial charge on any atom is 0.317 e. The Balaban J connectivity index is 0.00000263. The first-order valence-corrected chi connectivity index (χ1v) is 11.6. The Morgan fingerprint density at radius 1 is 1.20 bits per heavy atom. The van der Waals surface area contributed by atoms with E-state index in [4.69, 9.17) is 4.74 Å². The Hall–Kier alpha value is -2.03. The normalized spacial score (nSPS) is 9.87. The highest BCUT2D eigenvalue weighted by Crippen LogP contribution is 2.18. The number of thioether (sulfide) groups is 1. The second-order valence-corrected chi connectivity index (χ2v) is 7.22. The third-order valence-corrected chi connectivity index (χ3v) is 3.85. The first-order valence-electron chi connectivity index (χ1n) is 9.99. The van der Waals surface area contributed by atoms with Crippen LogP contribution in [0.3, 0.4) is 0 Å². The van der Waals surface area contributed by atoms with Crippen LogP contribution in [0, 0.1) is 5.82 Å². The van der Waals surface area contributed by atoms with Crippen LogP contribution in [0.5, 0.6) is 5.75 Å². The minimum absolute atomic E-state index is 0.0783. The number of urea groups is 1. The summed E-state index contributed by atoms with van der Waals surface area (Å²) in [7, 11) is 1.63. The monoisotopic (exact) mass is 440 g/mol. The molecule has 0 saturated heterocycles. The van der Waals surface area contributed by atoms with Gasteiger partial charge in [-0.25, -0.2) is 9.18 Å². The Morgan fingerprint density at radius 3 is 2.57 bits per heavy atom. The molecule has 1 aromatic rings. The zero-order chi connectivity index (χ0) is 22.6. The summed E-state index contributed by atoms with van der Waals surface area (Å²) >= 11 is 1.75. The van der Waals surface area contributed by atoms with E-state index in [2.05, 4.69) is 29.3 Å². The summed E-state index contributed by atoms with van der Waals surface area (Å²) < 4.78 is 18.9. The number of nitrogens with one attached hydrogen (secondary N) is 3. The lowest BCUT2D eigenvalue weighted by Gasteiger charge is -2.20. The van der Waals surface area contributed by atoms with Gasteiger partial charge in [0.1, 0.15) is 6.61 Å².